The lowest BCUT2D eigenvalue weighted by atomic mass is 10.2. The summed E-state index contributed by atoms with van der Waals surface area (Å²) >= 11 is 1.31. The maximum Gasteiger partial charge on any atom is 0.303 e. The smallest absolute Gasteiger partial charge is 0.303 e. The molecule has 0 aliphatic carbocycles. The Morgan fingerprint density at radius 1 is 1.39 bits per heavy atom. The minimum absolute atomic E-state index is 0.0474. The molecule has 0 fully saturated rings. The van der Waals surface area contributed by atoms with Gasteiger partial charge in [-0.15, -0.1) is 11.3 Å². The lowest BCUT2D eigenvalue weighted by Crippen LogP contribution is -2.06. The van der Waals surface area contributed by atoms with Gasteiger partial charge in [0, 0.05) is 10.6 Å². The van der Waals surface area contributed by atoms with Crippen molar-refractivity contribution in [3.8, 4) is 0 Å². The monoisotopic (exact) mass is 291 g/mol. The van der Waals surface area contributed by atoms with E-state index >= 15 is 0 Å². The van der Waals surface area contributed by atoms with E-state index < -0.39 is 15.8 Å². The SMILES string of the molecule is CCc1nc(CS(=O)(=O)CC)sc1CCC(=O)O. The molecule has 0 aliphatic rings. The minimum atomic E-state index is -3.08. The van der Waals surface area contributed by atoms with Crippen LogP contribution < -0.4 is 0 Å². The number of carboxylic acids is 1. The molecule has 0 amide bonds. The number of rotatable bonds is 7. The van der Waals surface area contributed by atoms with Crippen molar-refractivity contribution in [1.29, 1.82) is 0 Å². The first-order chi connectivity index (χ1) is 8.38. The zero-order chi connectivity index (χ0) is 13.8. The maximum absolute atomic E-state index is 11.5. The van der Waals surface area contributed by atoms with Gasteiger partial charge in [0.05, 0.1) is 12.1 Å². The Balaban J connectivity index is 2.87. The molecule has 18 heavy (non-hydrogen) atoms. The van der Waals surface area contributed by atoms with Crippen molar-refractivity contribution in [2.24, 2.45) is 0 Å². The molecule has 0 saturated heterocycles. The lowest BCUT2D eigenvalue weighted by Gasteiger charge is -1.95. The third-order valence-corrected chi connectivity index (χ3v) is 5.44. The highest BCUT2D eigenvalue weighted by Crippen LogP contribution is 2.22. The Kier molecular flexibility index (Phi) is 5.28. The normalized spacial score (nSPS) is 11.7. The van der Waals surface area contributed by atoms with Crippen LogP contribution in [0.4, 0.5) is 0 Å². The molecule has 0 atom stereocenters. The van der Waals surface area contributed by atoms with Crippen LogP contribution in [0.5, 0.6) is 0 Å². The van der Waals surface area contributed by atoms with Crippen LogP contribution in [0.1, 0.15) is 35.8 Å². The fourth-order valence-electron chi connectivity index (χ4n) is 1.48. The van der Waals surface area contributed by atoms with Gasteiger partial charge in [0.1, 0.15) is 10.8 Å². The summed E-state index contributed by atoms with van der Waals surface area (Å²) in [5.41, 5.74) is 0.822. The second kappa shape index (κ2) is 6.29. The summed E-state index contributed by atoms with van der Waals surface area (Å²) < 4.78 is 23.0. The summed E-state index contributed by atoms with van der Waals surface area (Å²) in [6.45, 7) is 3.53. The first kappa shape index (κ1) is 15.1. The number of thiazole rings is 1. The molecule has 1 aromatic heterocycles. The summed E-state index contributed by atoms with van der Waals surface area (Å²) in [4.78, 5) is 15.7. The minimum Gasteiger partial charge on any atom is -0.481 e. The van der Waals surface area contributed by atoms with E-state index in [9.17, 15) is 13.2 Å². The van der Waals surface area contributed by atoms with E-state index in [0.717, 1.165) is 10.6 Å². The number of aliphatic carboxylic acids is 1. The van der Waals surface area contributed by atoms with Crippen LogP contribution in [0, 0.1) is 0 Å². The number of hydrogen-bond acceptors (Lipinski definition) is 5. The van der Waals surface area contributed by atoms with Gasteiger partial charge in [-0.05, 0) is 12.8 Å². The number of hydrogen-bond donors (Lipinski definition) is 1. The quantitative estimate of drug-likeness (QED) is 0.826. The van der Waals surface area contributed by atoms with E-state index in [1.165, 1.54) is 11.3 Å². The Morgan fingerprint density at radius 2 is 2.06 bits per heavy atom. The van der Waals surface area contributed by atoms with Gasteiger partial charge in [0.15, 0.2) is 9.84 Å². The van der Waals surface area contributed by atoms with Crippen LogP contribution in [0.2, 0.25) is 0 Å². The van der Waals surface area contributed by atoms with Crippen molar-refractivity contribution in [3.63, 3.8) is 0 Å². The predicted molar refractivity (Wildman–Crippen MR) is 70.6 cm³/mol. The number of carboxylic acid groups (broad SMARTS) is 1. The van der Waals surface area contributed by atoms with Gasteiger partial charge in [-0.25, -0.2) is 13.4 Å². The summed E-state index contributed by atoms with van der Waals surface area (Å²) in [6, 6.07) is 0. The summed E-state index contributed by atoms with van der Waals surface area (Å²) in [5.74, 6) is -0.805. The van der Waals surface area contributed by atoms with Gasteiger partial charge >= 0.3 is 5.97 Å². The molecule has 0 saturated carbocycles. The van der Waals surface area contributed by atoms with Gasteiger partial charge in [0.2, 0.25) is 0 Å². The summed E-state index contributed by atoms with van der Waals surface area (Å²) in [6.07, 6.45) is 1.16. The zero-order valence-electron chi connectivity index (χ0n) is 10.5. The first-order valence-electron chi connectivity index (χ1n) is 5.77. The molecule has 1 heterocycles. The van der Waals surface area contributed by atoms with E-state index in [-0.39, 0.29) is 17.9 Å². The third-order valence-electron chi connectivity index (χ3n) is 2.51. The Labute approximate surface area is 111 Å². The highest BCUT2D eigenvalue weighted by atomic mass is 32.2. The number of carbonyl (C=O) groups is 1. The van der Waals surface area contributed by atoms with E-state index in [1.54, 1.807) is 6.92 Å². The predicted octanol–water partition coefficient (Wildman–Crippen LogP) is 1.66. The molecule has 0 spiro atoms. The number of aromatic nitrogens is 1. The van der Waals surface area contributed by atoms with Crippen molar-refractivity contribution in [2.75, 3.05) is 5.75 Å². The largest absolute Gasteiger partial charge is 0.481 e. The van der Waals surface area contributed by atoms with Crippen LogP contribution in [-0.4, -0.2) is 30.2 Å². The van der Waals surface area contributed by atoms with Crippen molar-refractivity contribution in [3.05, 3.63) is 15.6 Å². The fraction of sp³-hybridized carbons (Fsp3) is 0.636. The molecule has 7 heteroatoms. The Bertz CT molecular complexity index is 519. The number of aryl methyl sites for hydroxylation is 2. The molecule has 1 N–H and O–H groups in total. The number of nitrogens with zero attached hydrogens (tertiary/aromatic N) is 1. The van der Waals surface area contributed by atoms with Crippen molar-refractivity contribution in [2.45, 2.75) is 38.9 Å². The van der Waals surface area contributed by atoms with E-state index in [0.29, 0.717) is 17.8 Å². The molecule has 102 valence electrons. The average molecular weight is 291 g/mol. The molecule has 5 nitrogen and oxygen atoms in total. The third kappa shape index (κ3) is 4.38. The Hall–Kier alpha value is -0.950. The van der Waals surface area contributed by atoms with Crippen molar-refractivity contribution in [1.82, 2.24) is 4.98 Å². The lowest BCUT2D eigenvalue weighted by molar-refractivity contribution is -0.136. The molecular formula is C11H17NO4S2. The van der Waals surface area contributed by atoms with Gasteiger partial charge in [-0.3, -0.25) is 4.79 Å². The summed E-state index contributed by atoms with van der Waals surface area (Å²) in [5, 5.41) is 9.22. The number of sulfone groups is 1. The van der Waals surface area contributed by atoms with E-state index in [4.69, 9.17) is 5.11 Å². The van der Waals surface area contributed by atoms with Crippen molar-refractivity contribution < 1.29 is 18.3 Å². The van der Waals surface area contributed by atoms with Gasteiger partial charge in [-0.2, -0.15) is 0 Å². The van der Waals surface area contributed by atoms with Gasteiger partial charge in [-0.1, -0.05) is 13.8 Å². The fourth-order valence-corrected chi connectivity index (χ4v) is 3.85. The Morgan fingerprint density at radius 3 is 2.56 bits per heavy atom. The van der Waals surface area contributed by atoms with Crippen LogP contribution in [0.3, 0.4) is 0 Å². The molecule has 0 aromatic carbocycles. The van der Waals surface area contributed by atoms with E-state index in [1.807, 2.05) is 6.92 Å². The highest BCUT2D eigenvalue weighted by Gasteiger charge is 2.16. The molecule has 0 aliphatic heterocycles. The standard InChI is InChI=1S/C11H17NO4S2/c1-3-8-9(5-6-11(13)14)17-10(12-8)7-18(15,16)4-2/h3-7H2,1-2H3,(H,13,14). The summed E-state index contributed by atoms with van der Waals surface area (Å²) in [7, 11) is -3.08. The molecular weight excluding hydrogens is 274 g/mol. The molecule has 1 aromatic rings. The van der Waals surface area contributed by atoms with Crippen LogP contribution in [0.25, 0.3) is 0 Å². The maximum atomic E-state index is 11.5. The molecule has 0 radical (unpaired) electrons. The highest BCUT2D eigenvalue weighted by molar-refractivity contribution is 7.90. The van der Waals surface area contributed by atoms with Gasteiger partial charge < -0.3 is 5.11 Å². The van der Waals surface area contributed by atoms with Gasteiger partial charge in [0.25, 0.3) is 0 Å². The molecule has 0 bridgehead atoms. The zero-order valence-corrected chi connectivity index (χ0v) is 12.1. The molecule has 1 rings (SSSR count). The van der Waals surface area contributed by atoms with Crippen LogP contribution in [-0.2, 0) is 33.2 Å². The van der Waals surface area contributed by atoms with E-state index in [2.05, 4.69) is 4.98 Å². The van der Waals surface area contributed by atoms with Crippen molar-refractivity contribution >= 4 is 27.1 Å². The average Bonchev–Trinajstić information content (AvgIpc) is 2.67. The molecule has 0 unspecified atom stereocenters. The second-order valence-corrected chi connectivity index (χ2v) is 7.42. The van der Waals surface area contributed by atoms with Crippen LogP contribution in [0.15, 0.2) is 0 Å². The second-order valence-electron chi connectivity index (χ2n) is 3.90. The topological polar surface area (TPSA) is 84.3 Å². The van der Waals surface area contributed by atoms with Crippen LogP contribution >= 0.6 is 11.3 Å². The first-order valence-corrected chi connectivity index (χ1v) is 8.41.